The van der Waals surface area contributed by atoms with E-state index in [1.54, 1.807) is 6.07 Å². The van der Waals surface area contributed by atoms with E-state index in [1.807, 2.05) is 23.9 Å². The molecule has 0 unspecified atom stereocenters. The van der Waals surface area contributed by atoms with E-state index < -0.39 is 0 Å². The molecule has 0 saturated carbocycles. The zero-order valence-corrected chi connectivity index (χ0v) is 12.2. The summed E-state index contributed by atoms with van der Waals surface area (Å²) in [6, 6.07) is 5.56. The Morgan fingerprint density at radius 1 is 1.32 bits per heavy atom. The number of nitrogens with zero attached hydrogens (tertiary/aromatic N) is 2. The average Bonchev–Trinajstić information content (AvgIpc) is 2.75. The number of carbonyl (C=O) groups excluding carboxylic acids is 1. The molecule has 0 spiro atoms. The molecule has 1 aromatic heterocycles. The van der Waals surface area contributed by atoms with Gasteiger partial charge in [0.25, 0.3) is 0 Å². The monoisotopic (exact) mass is 276 g/mol. The van der Waals surface area contributed by atoms with Crippen LogP contribution in [0.25, 0.3) is 11.1 Å². The van der Waals surface area contributed by atoms with E-state index in [-0.39, 0.29) is 0 Å². The van der Waals surface area contributed by atoms with E-state index in [0.717, 1.165) is 35.9 Å². The molecule has 0 bridgehead atoms. The molecule has 0 aliphatic carbocycles. The summed E-state index contributed by atoms with van der Waals surface area (Å²) in [6.07, 6.45) is 2.56. The summed E-state index contributed by atoms with van der Waals surface area (Å²) < 4.78 is 1.92. The molecule has 2 aromatic rings. The van der Waals surface area contributed by atoms with Gasteiger partial charge >= 0.3 is 0 Å². The Balaban J connectivity index is 2.67. The van der Waals surface area contributed by atoms with Crippen molar-refractivity contribution < 1.29 is 4.79 Å². The minimum absolute atomic E-state index is 0.485. The van der Waals surface area contributed by atoms with Gasteiger partial charge in [0.05, 0.1) is 10.7 Å². The van der Waals surface area contributed by atoms with Crippen LogP contribution >= 0.6 is 11.6 Å². The van der Waals surface area contributed by atoms with Crippen molar-refractivity contribution in [3.05, 3.63) is 40.2 Å². The van der Waals surface area contributed by atoms with E-state index in [0.29, 0.717) is 10.6 Å². The number of carbonyl (C=O) groups is 1. The van der Waals surface area contributed by atoms with Crippen LogP contribution < -0.4 is 0 Å². The predicted octanol–water partition coefficient (Wildman–Crippen LogP) is 3.68. The van der Waals surface area contributed by atoms with E-state index in [4.69, 9.17) is 11.6 Å². The van der Waals surface area contributed by atoms with Crippen molar-refractivity contribution >= 4 is 17.9 Å². The number of hydrogen-bond acceptors (Lipinski definition) is 2. The van der Waals surface area contributed by atoms with Gasteiger partial charge in [0.2, 0.25) is 0 Å². The fourth-order valence-corrected chi connectivity index (χ4v) is 2.56. The first-order valence-corrected chi connectivity index (χ1v) is 6.80. The molecule has 1 aromatic carbocycles. The van der Waals surface area contributed by atoms with Crippen molar-refractivity contribution in [3.8, 4) is 11.1 Å². The van der Waals surface area contributed by atoms with Gasteiger partial charge in [-0.3, -0.25) is 9.48 Å². The molecule has 3 nitrogen and oxygen atoms in total. The fourth-order valence-electron chi connectivity index (χ4n) is 2.40. The molecule has 19 heavy (non-hydrogen) atoms. The van der Waals surface area contributed by atoms with Crippen LogP contribution in [-0.4, -0.2) is 16.1 Å². The summed E-state index contributed by atoms with van der Waals surface area (Å²) >= 11 is 5.98. The molecular weight excluding hydrogens is 260 g/mol. The second-order valence-corrected chi connectivity index (χ2v) is 4.86. The Kier molecular flexibility index (Phi) is 4.05. The fraction of sp³-hybridized carbons (Fsp3) is 0.333. The second kappa shape index (κ2) is 5.57. The highest BCUT2D eigenvalue weighted by Crippen LogP contribution is 2.30. The van der Waals surface area contributed by atoms with Gasteiger partial charge in [0.1, 0.15) is 0 Å². The maximum absolute atomic E-state index is 11.0. The van der Waals surface area contributed by atoms with Gasteiger partial charge in [-0.2, -0.15) is 5.10 Å². The molecular formula is C15H17ClN2O. The molecule has 4 heteroatoms. The van der Waals surface area contributed by atoms with Gasteiger partial charge < -0.3 is 0 Å². The summed E-state index contributed by atoms with van der Waals surface area (Å²) in [5.41, 5.74) is 4.89. The first-order chi connectivity index (χ1) is 9.12. The first-order valence-electron chi connectivity index (χ1n) is 6.42. The van der Waals surface area contributed by atoms with Crippen LogP contribution in [0.15, 0.2) is 18.2 Å². The third-order valence-corrected chi connectivity index (χ3v) is 3.66. The molecule has 0 radical (unpaired) electrons. The lowest BCUT2D eigenvalue weighted by Crippen LogP contribution is -1.97. The molecule has 0 saturated heterocycles. The maximum Gasteiger partial charge on any atom is 0.151 e. The minimum atomic E-state index is 0.485. The van der Waals surface area contributed by atoms with Crippen LogP contribution in [-0.2, 0) is 19.9 Å². The molecule has 0 amide bonds. The van der Waals surface area contributed by atoms with Crippen LogP contribution in [0, 0.1) is 0 Å². The summed E-state index contributed by atoms with van der Waals surface area (Å²) in [5, 5.41) is 5.03. The molecule has 1 heterocycles. The van der Waals surface area contributed by atoms with Crippen molar-refractivity contribution in [2.24, 2.45) is 7.05 Å². The molecule has 100 valence electrons. The maximum atomic E-state index is 11.0. The van der Waals surface area contributed by atoms with E-state index >= 15 is 0 Å². The highest BCUT2D eigenvalue weighted by atomic mass is 35.5. The first kappa shape index (κ1) is 13.8. The van der Waals surface area contributed by atoms with E-state index in [9.17, 15) is 4.79 Å². The van der Waals surface area contributed by atoms with Crippen molar-refractivity contribution in [1.29, 1.82) is 0 Å². The van der Waals surface area contributed by atoms with Crippen LogP contribution in [0.3, 0.4) is 0 Å². The third kappa shape index (κ3) is 2.43. The number of benzene rings is 1. The SMILES string of the molecule is CCc1nn(C)c(CC)c1-c1ccc(Cl)c(C=O)c1. The van der Waals surface area contributed by atoms with E-state index in [1.165, 1.54) is 5.69 Å². The Bertz CT molecular complexity index is 617. The zero-order chi connectivity index (χ0) is 14.0. The van der Waals surface area contributed by atoms with Crippen LogP contribution in [0.1, 0.15) is 35.6 Å². The lowest BCUT2D eigenvalue weighted by molar-refractivity contribution is 0.112. The van der Waals surface area contributed by atoms with Gasteiger partial charge in [-0.25, -0.2) is 0 Å². The summed E-state index contributed by atoms with van der Waals surface area (Å²) in [4.78, 5) is 11.0. The lowest BCUT2D eigenvalue weighted by Gasteiger charge is -2.07. The summed E-state index contributed by atoms with van der Waals surface area (Å²) in [7, 11) is 1.96. The Morgan fingerprint density at radius 3 is 2.63 bits per heavy atom. The lowest BCUT2D eigenvalue weighted by atomic mass is 9.99. The van der Waals surface area contributed by atoms with Crippen molar-refractivity contribution in [2.45, 2.75) is 26.7 Å². The van der Waals surface area contributed by atoms with Gasteiger partial charge in [-0.05, 0) is 30.5 Å². The van der Waals surface area contributed by atoms with Gasteiger partial charge in [0, 0.05) is 23.9 Å². The Labute approximate surface area is 118 Å². The normalized spacial score (nSPS) is 10.7. The largest absolute Gasteiger partial charge is 0.298 e. The molecule has 2 rings (SSSR count). The van der Waals surface area contributed by atoms with Crippen LogP contribution in [0.5, 0.6) is 0 Å². The molecule has 0 N–H and O–H groups in total. The second-order valence-electron chi connectivity index (χ2n) is 4.45. The zero-order valence-electron chi connectivity index (χ0n) is 11.4. The van der Waals surface area contributed by atoms with Crippen molar-refractivity contribution in [2.75, 3.05) is 0 Å². The van der Waals surface area contributed by atoms with Crippen molar-refractivity contribution in [3.63, 3.8) is 0 Å². The third-order valence-electron chi connectivity index (χ3n) is 3.32. The molecule has 0 aliphatic rings. The summed E-state index contributed by atoms with van der Waals surface area (Å²) in [6.45, 7) is 4.19. The summed E-state index contributed by atoms with van der Waals surface area (Å²) in [5.74, 6) is 0. The highest BCUT2D eigenvalue weighted by Gasteiger charge is 2.16. The Hall–Kier alpha value is -1.61. The number of aromatic nitrogens is 2. The Morgan fingerprint density at radius 2 is 2.05 bits per heavy atom. The number of halogens is 1. The standard InChI is InChI=1S/C15H17ClN2O/c1-4-13-15(14(5-2)18(3)17-13)10-6-7-12(16)11(8-10)9-19/h6-9H,4-5H2,1-3H3. The predicted molar refractivity (Wildman–Crippen MR) is 77.8 cm³/mol. The van der Waals surface area contributed by atoms with Crippen molar-refractivity contribution in [1.82, 2.24) is 9.78 Å². The average molecular weight is 277 g/mol. The number of aldehydes is 1. The molecule has 0 aliphatic heterocycles. The topological polar surface area (TPSA) is 34.9 Å². The van der Waals surface area contributed by atoms with E-state index in [2.05, 4.69) is 18.9 Å². The van der Waals surface area contributed by atoms with Crippen LogP contribution in [0.2, 0.25) is 5.02 Å². The van der Waals surface area contributed by atoms with Gasteiger partial charge in [-0.1, -0.05) is 31.5 Å². The molecule has 0 fully saturated rings. The molecule has 0 atom stereocenters. The van der Waals surface area contributed by atoms with Crippen LogP contribution in [0.4, 0.5) is 0 Å². The number of rotatable bonds is 4. The quantitative estimate of drug-likeness (QED) is 0.799. The van der Waals surface area contributed by atoms with Gasteiger partial charge in [-0.15, -0.1) is 0 Å². The van der Waals surface area contributed by atoms with Gasteiger partial charge in [0.15, 0.2) is 6.29 Å². The number of aryl methyl sites for hydroxylation is 2. The smallest absolute Gasteiger partial charge is 0.151 e. The number of hydrogen-bond donors (Lipinski definition) is 0. The highest BCUT2D eigenvalue weighted by molar-refractivity contribution is 6.33. The minimum Gasteiger partial charge on any atom is -0.298 e.